The molecule has 358 valence electrons. The number of fused-ring (bicyclic) bond motifs is 1. The molecule has 1 aromatic carbocycles. The average molecular weight is 916 g/mol. The van der Waals surface area contributed by atoms with Crippen LogP contribution in [0.2, 0.25) is 0 Å². The van der Waals surface area contributed by atoms with Gasteiger partial charge in [0.1, 0.15) is 42.3 Å². The number of hydrogen-bond donors (Lipinski definition) is 11. The zero-order chi connectivity index (χ0) is 48.7. The summed E-state index contributed by atoms with van der Waals surface area (Å²) in [5.41, 5.74) is 2.49. The van der Waals surface area contributed by atoms with Crippen LogP contribution in [0.5, 0.6) is 0 Å². The first-order chi connectivity index (χ1) is 31.3. The third-order valence-corrected chi connectivity index (χ3v) is 10.8. The lowest BCUT2D eigenvalue weighted by Crippen LogP contribution is -2.60. The normalized spacial score (nSPS) is 14.5. The van der Waals surface area contributed by atoms with Gasteiger partial charge in [0, 0.05) is 61.7 Å². The summed E-state index contributed by atoms with van der Waals surface area (Å²) in [5.74, 6) is -5.76. The second kappa shape index (κ2) is 24.3. The van der Waals surface area contributed by atoms with Crippen LogP contribution < -0.4 is 42.5 Å². The molecule has 66 heavy (non-hydrogen) atoms. The molecule has 0 saturated heterocycles. The van der Waals surface area contributed by atoms with E-state index in [1.54, 1.807) is 46.3 Å². The van der Waals surface area contributed by atoms with Crippen LogP contribution in [0.25, 0.3) is 10.9 Å². The molecule has 0 aliphatic rings. The summed E-state index contributed by atoms with van der Waals surface area (Å²) in [6.07, 6.45) is 8.13. The van der Waals surface area contributed by atoms with Crippen LogP contribution in [0, 0.1) is 17.8 Å². The van der Waals surface area contributed by atoms with Crippen molar-refractivity contribution in [3.63, 3.8) is 0 Å². The Morgan fingerprint density at radius 3 is 1.53 bits per heavy atom. The highest BCUT2D eigenvalue weighted by Gasteiger charge is 2.34. The molecule has 0 unspecified atom stereocenters. The summed E-state index contributed by atoms with van der Waals surface area (Å²) in [6, 6.07) is -0.497. The first-order valence-electron chi connectivity index (χ1n) is 22.1. The number of nitrogens with one attached hydrogen (secondary N) is 11. The number of imidazole rings is 2. The van der Waals surface area contributed by atoms with Crippen molar-refractivity contribution in [2.24, 2.45) is 17.8 Å². The van der Waals surface area contributed by atoms with Crippen LogP contribution in [-0.2, 0) is 57.6 Å². The Morgan fingerprint density at radius 2 is 1.02 bits per heavy atom. The fourth-order valence-electron chi connectivity index (χ4n) is 6.99. The van der Waals surface area contributed by atoms with E-state index in [2.05, 4.69) is 67.5 Å². The molecule has 21 heteroatoms. The number of carbonyl (C=O) groups is 8. The highest BCUT2D eigenvalue weighted by atomic mass is 16.2. The number of likely N-dealkylation sites (N-methyl/N-ethyl adjacent to an activating group) is 1. The summed E-state index contributed by atoms with van der Waals surface area (Å²) in [4.78, 5) is 125. The van der Waals surface area contributed by atoms with Crippen LogP contribution in [0.15, 0.2) is 55.5 Å². The Hall–Kier alpha value is -7.06. The Bertz CT molecular complexity index is 2270. The second-order valence-corrected chi connectivity index (χ2v) is 17.4. The zero-order valence-corrected chi connectivity index (χ0v) is 39.0. The molecule has 0 spiro atoms. The molecule has 0 radical (unpaired) electrons. The predicted octanol–water partition coefficient (Wildman–Crippen LogP) is 0.180. The third-order valence-electron chi connectivity index (χ3n) is 10.8. The van der Waals surface area contributed by atoms with Gasteiger partial charge in [-0.05, 0) is 43.7 Å². The van der Waals surface area contributed by atoms with Crippen molar-refractivity contribution in [3.8, 4) is 0 Å². The van der Waals surface area contributed by atoms with Gasteiger partial charge in [-0.2, -0.15) is 0 Å². The number of amides is 8. The van der Waals surface area contributed by atoms with Gasteiger partial charge < -0.3 is 57.5 Å². The van der Waals surface area contributed by atoms with E-state index in [1.165, 1.54) is 33.5 Å². The quantitative estimate of drug-likeness (QED) is 0.0453. The van der Waals surface area contributed by atoms with Gasteiger partial charge in [0.25, 0.3) is 0 Å². The molecular formula is C45H65N13O8. The second-order valence-electron chi connectivity index (χ2n) is 17.4. The van der Waals surface area contributed by atoms with Crippen LogP contribution in [-0.4, -0.2) is 122 Å². The van der Waals surface area contributed by atoms with Crippen molar-refractivity contribution in [1.29, 1.82) is 0 Å². The Kier molecular flexibility index (Phi) is 19.0. The van der Waals surface area contributed by atoms with E-state index in [1.807, 2.05) is 38.1 Å². The number of H-pyrrole nitrogens is 3. The monoisotopic (exact) mass is 916 g/mol. The summed E-state index contributed by atoms with van der Waals surface area (Å²) < 4.78 is 0. The molecule has 0 aliphatic carbocycles. The maximum atomic E-state index is 14.1. The van der Waals surface area contributed by atoms with E-state index in [0.717, 1.165) is 10.9 Å². The predicted molar refractivity (Wildman–Crippen MR) is 245 cm³/mol. The molecular weight excluding hydrogens is 851 g/mol. The lowest BCUT2D eigenvalue weighted by Gasteiger charge is -2.27. The molecule has 8 amide bonds. The van der Waals surface area contributed by atoms with Crippen LogP contribution in [0.1, 0.15) is 78.8 Å². The minimum Gasteiger partial charge on any atom is -0.361 e. The molecule has 0 saturated carbocycles. The third kappa shape index (κ3) is 15.0. The van der Waals surface area contributed by atoms with Gasteiger partial charge in [-0.3, -0.25) is 38.4 Å². The number of rotatable bonds is 24. The number of carbonyl (C=O) groups excluding carboxylic acids is 8. The summed E-state index contributed by atoms with van der Waals surface area (Å²) in [5, 5.41) is 22.2. The largest absolute Gasteiger partial charge is 0.361 e. The van der Waals surface area contributed by atoms with Crippen molar-refractivity contribution >= 4 is 58.2 Å². The number of aromatic amines is 3. The molecule has 4 aromatic rings. The fraction of sp³-hybridized carbons (Fsp3) is 0.511. The van der Waals surface area contributed by atoms with E-state index in [0.29, 0.717) is 23.4 Å². The lowest BCUT2D eigenvalue weighted by molar-refractivity contribution is -0.136. The van der Waals surface area contributed by atoms with E-state index >= 15 is 0 Å². The standard InChI is InChI=1S/C45H65N13O8/c1-23(2)14-33(41(62)46-9)56-44(65)36(17-30-20-48-22-51-30)55-39(60)26(7)53-45(66)37(24(3)4)58-40(61)27(8)52-42(63)34(15-28-18-49-32-13-11-10-12-31(28)32)57-43(64)35(54-38(59)25(5)6)16-29-19-47-21-50-29/h10-13,18-27,33-37,49H,14-17H2,1-9H3,(H,46,62)(H,47,50)(H,48,51)(H,52,63)(H,53,66)(H,54,59)(H,55,60)(H,56,65)(H,57,64)(H,58,61)/t26-,27+,33+,34+,35+,36+,37+/m1/s1. The minimum absolute atomic E-state index is 0.0109. The van der Waals surface area contributed by atoms with Gasteiger partial charge in [-0.1, -0.05) is 59.7 Å². The molecule has 0 aliphatic heterocycles. The van der Waals surface area contributed by atoms with Crippen molar-refractivity contribution < 1.29 is 38.4 Å². The van der Waals surface area contributed by atoms with Crippen molar-refractivity contribution in [2.45, 2.75) is 123 Å². The smallest absolute Gasteiger partial charge is 0.243 e. The maximum Gasteiger partial charge on any atom is 0.243 e. The van der Waals surface area contributed by atoms with Crippen LogP contribution in [0.4, 0.5) is 0 Å². The van der Waals surface area contributed by atoms with Crippen molar-refractivity contribution in [2.75, 3.05) is 7.05 Å². The molecule has 7 atom stereocenters. The molecule has 4 rings (SSSR count). The van der Waals surface area contributed by atoms with Gasteiger partial charge in [-0.25, -0.2) is 9.97 Å². The van der Waals surface area contributed by atoms with E-state index in [9.17, 15) is 38.4 Å². The number of hydrogen-bond acceptors (Lipinski definition) is 10. The highest BCUT2D eigenvalue weighted by molar-refractivity contribution is 5.98. The van der Waals surface area contributed by atoms with E-state index < -0.39 is 95.5 Å². The van der Waals surface area contributed by atoms with Crippen molar-refractivity contribution in [1.82, 2.24) is 67.5 Å². The van der Waals surface area contributed by atoms with Crippen LogP contribution >= 0.6 is 0 Å². The average Bonchev–Trinajstić information content (AvgIpc) is 4.07. The summed E-state index contributed by atoms with van der Waals surface area (Å²) >= 11 is 0. The van der Waals surface area contributed by atoms with Gasteiger partial charge in [-0.15, -0.1) is 0 Å². The number of nitrogens with zero attached hydrogens (tertiary/aromatic N) is 2. The molecule has 0 fully saturated rings. The Morgan fingerprint density at radius 1 is 0.530 bits per heavy atom. The zero-order valence-electron chi connectivity index (χ0n) is 39.0. The SMILES string of the molecule is CNC(=O)[C@H](CC(C)C)NC(=O)[C@H](Cc1c[nH]cn1)NC(=O)[C@@H](C)NC(=O)[C@@H](NC(=O)[C@H](C)NC(=O)[C@H](Cc1c[nH]c2ccccc12)NC(=O)[C@H](Cc1c[nH]cn1)NC(=O)C(C)C)C(C)C. The number of para-hydroxylation sites is 1. The van der Waals surface area contributed by atoms with Crippen molar-refractivity contribution in [3.05, 3.63) is 72.5 Å². The maximum absolute atomic E-state index is 14.1. The van der Waals surface area contributed by atoms with Gasteiger partial charge >= 0.3 is 0 Å². The summed E-state index contributed by atoms with van der Waals surface area (Å²) in [6.45, 7) is 13.4. The fourth-order valence-corrected chi connectivity index (χ4v) is 6.99. The Balaban J connectivity index is 1.46. The lowest BCUT2D eigenvalue weighted by atomic mass is 10.0. The molecule has 3 heterocycles. The van der Waals surface area contributed by atoms with Gasteiger partial charge in [0.05, 0.1) is 24.0 Å². The van der Waals surface area contributed by atoms with Gasteiger partial charge in [0.15, 0.2) is 0 Å². The first-order valence-corrected chi connectivity index (χ1v) is 22.1. The molecule has 21 nitrogen and oxygen atoms in total. The van der Waals surface area contributed by atoms with E-state index in [4.69, 9.17) is 0 Å². The molecule has 3 aromatic heterocycles. The topological polar surface area (TPSA) is 306 Å². The Labute approximate surface area is 383 Å². The molecule has 0 bridgehead atoms. The number of aromatic nitrogens is 5. The van der Waals surface area contributed by atoms with E-state index in [-0.39, 0.29) is 31.1 Å². The van der Waals surface area contributed by atoms with Crippen LogP contribution in [0.3, 0.4) is 0 Å². The number of benzene rings is 1. The minimum atomic E-state index is -1.23. The summed E-state index contributed by atoms with van der Waals surface area (Å²) in [7, 11) is 1.46. The highest BCUT2D eigenvalue weighted by Crippen LogP contribution is 2.20. The van der Waals surface area contributed by atoms with Gasteiger partial charge in [0.2, 0.25) is 47.3 Å². The first kappa shape index (κ1) is 51.6. The molecule has 11 N–H and O–H groups in total.